The fourth-order valence-electron chi connectivity index (χ4n) is 2.56. The summed E-state index contributed by atoms with van der Waals surface area (Å²) in [5, 5.41) is 9.04. The van der Waals surface area contributed by atoms with Crippen molar-refractivity contribution in [2.75, 3.05) is 0 Å². The molecule has 3 heteroatoms. The van der Waals surface area contributed by atoms with Gasteiger partial charge in [0.15, 0.2) is 0 Å². The molecular formula is C13H15FO2. The van der Waals surface area contributed by atoms with Crippen molar-refractivity contribution in [2.45, 2.75) is 26.7 Å². The van der Waals surface area contributed by atoms with E-state index in [0.29, 0.717) is 5.56 Å². The van der Waals surface area contributed by atoms with Crippen LogP contribution >= 0.6 is 0 Å². The first-order valence-corrected chi connectivity index (χ1v) is 5.34. The second kappa shape index (κ2) is 3.30. The topological polar surface area (TPSA) is 37.3 Å². The van der Waals surface area contributed by atoms with Crippen LogP contribution in [0.3, 0.4) is 0 Å². The number of benzene rings is 1. The molecule has 1 fully saturated rings. The van der Waals surface area contributed by atoms with Gasteiger partial charge in [0.1, 0.15) is 5.82 Å². The average Bonchev–Trinajstić information content (AvgIpc) is 2.69. The molecule has 1 aromatic rings. The molecule has 1 saturated carbocycles. The lowest BCUT2D eigenvalue weighted by Gasteiger charge is -2.05. The van der Waals surface area contributed by atoms with Crippen molar-refractivity contribution in [3.63, 3.8) is 0 Å². The van der Waals surface area contributed by atoms with E-state index in [-0.39, 0.29) is 17.2 Å². The maximum absolute atomic E-state index is 13.7. The third-order valence-corrected chi connectivity index (χ3v) is 3.58. The number of hydrogen-bond donors (Lipinski definition) is 1. The summed E-state index contributed by atoms with van der Waals surface area (Å²) in [4.78, 5) is 11.0. The summed E-state index contributed by atoms with van der Waals surface area (Å²) < 4.78 is 13.7. The molecule has 0 amide bonds. The molecule has 0 aromatic heterocycles. The van der Waals surface area contributed by atoms with Gasteiger partial charge in [-0.2, -0.15) is 0 Å². The van der Waals surface area contributed by atoms with Crippen LogP contribution in [0.5, 0.6) is 0 Å². The van der Waals surface area contributed by atoms with Crippen LogP contribution in [-0.4, -0.2) is 11.1 Å². The van der Waals surface area contributed by atoms with Gasteiger partial charge in [0, 0.05) is 5.92 Å². The van der Waals surface area contributed by atoms with Gasteiger partial charge in [0.05, 0.1) is 5.92 Å². The van der Waals surface area contributed by atoms with Gasteiger partial charge in [-0.25, -0.2) is 4.39 Å². The molecule has 0 heterocycles. The normalized spacial score (nSPS) is 26.5. The zero-order valence-corrected chi connectivity index (χ0v) is 9.62. The zero-order valence-electron chi connectivity index (χ0n) is 9.62. The minimum Gasteiger partial charge on any atom is -0.481 e. The lowest BCUT2D eigenvalue weighted by molar-refractivity contribution is -0.139. The van der Waals surface area contributed by atoms with Crippen molar-refractivity contribution < 1.29 is 14.3 Å². The van der Waals surface area contributed by atoms with E-state index >= 15 is 0 Å². The highest BCUT2D eigenvalue weighted by atomic mass is 19.1. The van der Waals surface area contributed by atoms with E-state index in [1.807, 2.05) is 26.8 Å². The number of halogens is 1. The van der Waals surface area contributed by atoms with E-state index in [1.165, 1.54) is 6.07 Å². The third-order valence-electron chi connectivity index (χ3n) is 3.58. The van der Waals surface area contributed by atoms with Crippen LogP contribution < -0.4 is 0 Å². The van der Waals surface area contributed by atoms with Crippen LogP contribution in [0.2, 0.25) is 0 Å². The lowest BCUT2D eigenvalue weighted by atomic mass is 10.0. The molecule has 2 atom stereocenters. The van der Waals surface area contributed by atoms with Crippen LogP contribution in [0.4, 0.5) is 4.39 Å². The average molecular weight is 222 g/mol. The van der Waals surface area contributed by atoms with Gasteiger partial charge in [-0.1, -0.05) is 26.0 Å². The highest BCUT2D eigenvalue weighted by molar-refractivity contribution is 5.77. The van der Waals surface area contributed by atoms with Gasteiger partial charge in [-0.3, -0.25) is 4.79 Å². The van der Waals surface area contributed by atoms with E-state index < -0.39 is 11.9 Å². The van der Waals surface area contributed by atoms with Crippen LogP contribution in [0.15, 0.2) is 18.2 Å². The SMILES string of the molecule is Cc1ccc([C@H]2[C@H](C(=O)O)C2(C)C)c(F)c1. The van der Waals surface area contributed by atoms with Crippen molar-refractivity contribution in [3.05, 3.63) is 35.1 Å². The molecule has 2 nitrogen and oxygen atoms in total. The van der Waals surface area contributed by atoms with Crippen LogP contribution in [0, 0.1) is 24.1 Å². The Bertz CT molecular complexity index is 451. The molecule has 2 rings (SSSR count). The summed E-state index contributed by atoms with van der Waals surface area (Å²) in [7, 11) is 0. The highest BCUT2D eigenvalue weighted by Gasteiger charge is 2.63. The number of carboxylic acid groups (broad SMARTS) is 1. The Balaban J connectivity index is 2.37. The Labute approximate surface area is 94.1 Å². The lowest BCUT2D eigenvalue weighted by Crippen LogP contribution is -2.03. The third kappa shape index (κ3) is 1.51. The molecule has 16 heavy (non-hydrogen) atoms. The summed E-state index contributed by atoms with van der Waals surface area (Å²) in [6.45, 7) is 5.56. The van der Waals surface area contributed by atoms with Crippen LogP contribution in [-0.2, 0) is 4.79 Å². The largest absolute Gasteiger partial charge is 0.481 e. The quantitative estimate of drug-likeness (QED) is 0.835. The number of carboxylic acids is 1. The van der Waals surface area contributed by atoms with E-state index in [2.05, 4.69) is 0 Å². The minimum absolute atomic E-state index is 0.203. The monoisotopic (exact) mass is 222 g/mol. The molecule has 1 aliphatic rings. The predicted octanol–water partition coefficient (Wildman–Crippen LogP) is 2.96. The summed E-state index contributed by atoms with van der Waals surface area (Å²) in [5.41, 5.74) is 1.04. The summed E-state index contributed by atoms with van der Waals surface area (Å²) in [6.07, 6.45) is 0. The Hall–Kier alpha value is -1.38. The van der Waals surface area contributed by atoms with E-state index in [9.17, 15) is 9.18 Å². The van der Waals surface area contributed by atoms with Crippen molar-refractivity contribution in [1.29, 1.82) is 0 Å². The molecule has 0 unspecified atom stereocenters. The highest BCUT2D eigenvalue weighted by Crippen LogP contribution is 2.64. The zero-order chi connectivity index (χ0) is 12.1. The second-order valence-corrected chi connectivity index (χ2v) is 5.14. The summed E-state index contributed by atoms with van der Waals surface area (Å²) in [5.74, 6) is -1.80. The van der Waals surface area contributed by atoms with E-state index in [0.717, 1.165) is 5.56 Å². The number of aliphatic carboxylic acids is 1. The molecule has 86 valence electrons. The maximum atomic E-state index is 13.7. The molecule has 1 aromatic carbocycles. The smallest absolute Gasteiger partial charge is 0.307 e. The fourth-order valence-corrected chi connectivity index (χ4v) is 2.56. The molecule has 0 saturated heterocycles. The van der Waals surface area contributed by atoms with Gasteiger partial charge in [0.2, 0.25) is 0 Å². The van der Waals surface area contributed by atoms with Crippen molar-refractivity contribution in [2.24, 2.45) is 11.3 Å². The van der Waals surface area contributed by atoms with Crippen molar-refractivity contribution in [3.8, 4) is 0 Å². The molecule has 1 aliphatic carbocycles. The number of hydrogen-bond acceptors (Lipinski definition) is 1. The second-order valence-electron chi connectivity index (χ2n) is 5.14. The predicted molar refractivity (Wildman–Crippen MR) is 58.8 cm³/mol. The van der Waals surface area contributed by atoms with E-state index in [1.54, 1.807) is 6.07 Å². The first kappa shape index (κ1) is 11.1. The van der Waals surface area contributed by atoms with Gasteiger partial charge in [-0.05, 0) is 29.5 Å². The fraction of sp³-hybridized carbons (Fsp3) is 0.462. The number of carbonyl (C=O) groups is 1. The molecular weight excluding hydrogens is 207 g/mol. The molecule has 0 bridgehead atoms. The van der Waals surface area contributed by atoms with Crippen LogP contribution in [0.25, 0.3) is 0 Å². The van der Waals surface area contributed by atoms with Gasteiger partial charge < -0.3 is 5.11 Å². The summed E-state index contributed by atoms with van der Waals surface area (Å²) >= 11 is 0. The molecule has 0 radical (unpaired) electrons. The number of rotatable bonds is 2. The number of aryl methyl sites for hydroxylation is 1. The van der Waals surface area contributed by atoms with Crippen LogP contribution in [0.1, 0.15) is 30.9 Å². The van der Waals surface area contributed by atoms with Crippen molar-refractivity contribution >= 4 is 5.97 Å². The first-order chi connectivity index (χ1) is 7.35. The van der Waals surface area contributed by atoms with Gasteiger partial charge in [-0.15, -0.1) is 0 Å². The molecule has 0 aliphatic heterocycles. The van der Waals surface area contributed by atoms with Crippen molar-refractivity contribution in [1.82, 2.24) is 0 Å². The maximum Gasteiger partial charge on any atom is 0.307 e. The Morgan fingerprint density at radius 1 is 1.44 bits per heavy atom. The van der Waals surface area contributed by atoms with Gasteiger partial charge >= 0.3 is 5.97 Å². The van der Waals surface area contributed by atoms with Gasteiger partial charge in [0.25, 0.3) is 0 Å². The molecule has 1 N–H and O–H groups in total. The standard InChI is InChI=1S/C13H15FO2/c1-7-4-5-8(9(14)6-7)10-11(12(15)16)13(10,2)3/h4-6,10-11H,1-3H3,(H,15,16)/t10-,11+/m0/s1. The first-order valence-electron chi connectivity index (χ1n) is 5.34. The summed E-state index contributed by atoms with van der Waals surface area (Å²) in [6, 6.07) is 4.99. The Kier molecular flexibility index (Phi) is 2.30. The minimum atomic E-state index is -0.838. The Morgan fingerprint density at radius 2 is 2.06 bits per heavy atom. The molecule has 0 spiro atoms. The Morgan fingerprint density at radius 3 is 2.50 bits per heavy atom. The van der Waals surface area contributed by atoms with E-state index in [4.69, 9.17) is 5.11 Å².